The van der Waals surface area contributed by atoms with Gasteiger partial charge in [-0.25, -0.2) is 0 Å². The van der Waals surface area contributed by atoms with Gasteiger partial charge >= 0.3 is 0 Å². The zero-order chi connectivity index (χ0) is 13.5. The Morgan fingerprint density at radius 2 is 1.84 bits per heavy atom. The zero-order valence-electron chi connectivity index (χ0n) is 11.5. The Kier molecular flexibility index (Phi) is 4.80. The Morgan fingerprint density at radius 3 is 2.47 bits per heavy atom. The number of allylic oxidation sites excluding steroid dienone is 3. The third-order valence-corrected chi connectivity index (χ3v) is 3.42. The van der Waals surface area contributed by atoms with Crippen molar-refractivity contribution in [2.45, 2.75) is 26.2 Å². The first-order chi connectivity index (χ1) is 9.31. The number of nitriles is 1. The molecule has 2 nitrogen and oxygen atoms in total. The van der Waals surface area contributed by atoms with Crippen LogP contribution in [0.5, 0.6) is 0 Å². The molecule has 1 heterocycles. The predicted octanol–water partition coefficient (Wildman–Crippen LogP) is 3.98. The Labute approximate surface area is 115 Å². The molecule has 19 heavy (non-hydrogen) atoms. The van der Waals surface area contributed by atoms with E-state index < -0.39 is 0 Å². The minimum absolute atomic E-state index is 1.01. The summed E-state index contributed by atoms with van der Waals surface area (Å²) in [4.78, 5) is 2.44. The first kappa shape index (κ1) is 13.4. The second kappa shape index (κ2) is 6.80. The fourth-order valence-corrected chi connectivity index (χ4v) is 2.46. The summed E-state index contributed by atoms with van der Waals surface area (Å²) in [6.07, 6.45) is 7.57. The predicted molar refractivity (Wildman–Crippen MR) is 79.2 cm³/mol. The molecule has 1 aromatic carbocycles. The summed E-state index contributed by atoms with van der Waals surface area (Å²) in [7, 11) is 0. The SMILES string of the molecule is CC(=CC#N)C=C(c1ccccc1)N1CCCCC1. The number of rotatable bonds is 3. The van der Waals surface area contributed by atoms with Crippen LogP contribution in [0.2, 0.25) is 0 Å². The van der Waals surface area contributed by atoms with Crippen LogP contribution in [0.1, 0.15) is 31.7 Å². The molecule has 1 saturated heterocycles. The van der Waals surface area contributed by atoms with Crippen LogP contribution in [0, 0.1) is 11.3 Å². The second-order valence-electron chi connectivity index (χ2n) is 4.96. The van der Waals surface area contributed by atoms with Gasteiger partial charge in [-0.15, -0.1) is 0 Å². The van der Waals surface area contributed by atoms with Crippen molar-refractivity contribution in [2.24, 2.45) is 0 Å². The van der Waals surface area contributed by atoms with Crippen LogP contribution in [-0.2, 0) is 0 Å². The molecule has 98 valence electrons. The lowest BCUT2D eigenvalue weighted by Gasteiger charge is -2.31. The van der Waals surface area contributed by atoms with E-state index in [0.29, 0.717) is 0 Å². The third-order valence-electron chi connectivity index (χ3n) is 3.42. The van der Waals surface area contributed by atoms with Crippen LogP contribution in [0.15, 0.2) is 48.1 Å². The molecule has 2 heteroatoms. The van der Waals surface area contributed by atoms with Gasteiger partial charge in [0, 0.05) is 24.9 Å². The topological polar surface area (TPSA) is 27.0 Å². The first-order valence-corrected chi connectivity index (χ1v) is 6.90. The van der Waals surface area contributed by atoms with Gasteiger partial charge in [-0.3, -0.25) is 0 Å². The van der Waals surface area contributed by atoms with Crippen molar-refractivity contribution >= 4 is 5.70 Å². The number of hydrogen-bond acceptors (Lipinski definition) is 2. The molecule has 0 amide bonds. The van der Waals surface area contributed by atoms with Gasteiger partial charge in [-0.2, -0.15) is 5.26 Å². The lowest BCUT2D eigenvalue weighted by atomic mass is 10.0. The van der Waals surface area contributed by atoms with Gasteiger partial charge in [-0.05, 0) is 43.4 Å². The number of hydrogen-bond donors (Lipinski definition) is 0. The van der Waals surface area contributed by atoms with Gasteiger partial charge in [-0.1, -0.05) is 30.3 Å². The maximum Gasteiger partial charge on any atom is 0.0914 e. The molecule has 0 spiro atoms. The van der Waals surface area contributed by atoms with Crippen molar-refractivity contribution in [3.63, 3.8) is 0 Å². The molecule has 0 saturated carbocycles. The lowest BCUT2D eigenvalue weighted by Crippen LogP contribution is -2.28. The summed E-state index contributed by atoms with van der Waals surface area (Å²) in [5.41, 5.74) is 3.48. The summed E-state index contributed by atoms with van der Waals surface area (Å²) < 4.78 is 0. The Bertz CT molecular complexity index is 500. The van der Waals surface area contributed by atoms with Crippen molar-refractivity contribution in [3.05, 3.63) is 53.6 Å². The molecule has 1 aromatic rings. The summed E-state index contributed by atoms with van der Waals surface area (Å²) in [5.74, 6) is 0. The largest absolute Gasteiger partial charge is 0.371 e. The number of piperidine rings is 1. The maximum absolute atomic E-state index is 8.76. The minimum Gasteiger partial charge on any atom is -0.371 e. The first-order valence-electron chi connectivity index (χ1n) is 6.90. The number of likely N-dealkylation sites (tertiary alicyclic amines) is 1. The molecule has 0 radical (unpaired) electrons. The zero-order valence-corrected chi connectivity index (χ0v) is 11.5. The van der Waals surface area contributed by atoms with Crippen molar-refractivity contribution in [2.75, 3.05) is 13.1 Å². The summed E-state index contributed by atoms with van der Waals surface area (Å²) in [6.45, 7) is 4.21. The van der Waals surface area contributed by atoms with Crippen molar-refractivity contribution in [3.8, 4) is 6.07 Å². The summed E-state index contributed by atoms with van der Waals surface area (Å²) in [6, 6.07) is 12.5. The highest BCUT2D eigenvalue weighted by molar-refractivity contribution is 5.67. The number of benzene rings is 1. The van der Waals surface area contributed by atoms with E-state index in [2.05, 4.69) is 41.3 Å². The second-order valence-corrected chi connectivity index (χ2v) is 4.96. The van der Waals surface area contributed by atoms with Crippen LogP contribution < -0.4 is 0 Å². The molecular weight excluding hydrogens is 232 g/mol. The molecule has 0 atom stereocenters. The van der Waals surface area contributed by atoms with E-state index in [1.54, 1.807) is 6.08 Å². The van der Waals surface area contributed by atoms with Gasteiger partial charge in [0.15, 0.2) is 0 Å². The average molecular weight is 252 g/mol. The highest BCUT2D eigenvalue weighted by Gasteiger charge is 2.14. The van der Waals surface area contributed by atoms with Gasteiger partial charge in [0.05, 0.1) is 6.07 Å². The van der Waals surface area contributed by atoms with E-state index in [-0.39, 0.29) is 0 Å². The van der Waals surface area contributed by atoms with E-state index >= 15 is 0 Å². The molecule has 0 N–H and O–H groups in total. The smallest absolute Gasteiger partial charge is 0.0914 e. The average Bonchev–Trinajstić information content (AvgIpc) is 2.47. The molecule has 1 aliphatic heterocycles. The van der Waals surface area contributed by atoms with E-state index in [0.717, 1.165) is 18.7 Å². The van der Waals surface area contributed by atoms with Crippen LogP contribution in [0.4, 0.5) is 0 Å². The molecule has 1 aliphatic rings. The molecule has 0 aromatic heterocycles. The van der Waals surface area contributed by atoms with Gasteiger partial charge in [0.2, 0.25) is 0 Å². The van der Waals surface area contributed by atoms with Gasteiger partial charge < -0.3 is 4.90 Å². The lowest BCUT2D eigenvalue weighted by molar-refractivity contribution is 0.326. The summed E-state index contributed by atoms with van der Waals surface area (Å²) in [5, 5.41) is 8.76. The van der Waals surface area contributed by atoms with E-state index in [9.17, 15) is 0 Å². The maximum atomic E-state index is 8.76. The highest BCUT2D eigenvalue weighted by Crippen LogP contribution is 2.24. The molecular formula is C17H20N2. The standard InChI is InChI=1S/C17H20N2/c1-15(10-11-18)14-17(16-8-4-2-5-9-16)19-12-6-3-7-13-19/h2,4-5,8-10,14H,3,6-7,12-13H2,1H3. The third kappa shape index (κ3) is 3.72. The quantitative estimate of drug-likeness (QED) is 0.601. The molecule has 0 aliphatic carbocycles. The van der Waals surface area contributed by atoms with Crippen LogP contribution >= 0.6 is 0 Å². The number of nitrogens with zero attached hydrogens (tertiary/aromatic N) is 2. The van der Waals surface area contributed by atoms with Crippen LogP contribution in [-0.4, -0.2) is 18.0 Å². The normalized spacial score (nSPS) is 17.2. The Hall–Kier alpha value is -2.01. The fraction of sp³-hybridized carbons (Fsp3) is 0.353. The van der Waals surface area contributed by atoms with Gasteiger partial charge in [0.1, 0.15) is 0 Å². The van der Waals surface area contributed by atoms with Gasteiger partial charge in [0.25, 0.3) is 0 Å². The van der Waals surface area contributed by atoms with E-state index in [4.69, 9.17) is 5.26 Å². The molecule has 0 bridgehead atoms. The van der Waals surface area contributed by atoms with Crippen LogP contribution in [0.25, 0.3) is 5.70 Å². The van der Waals surface area contributed by atoms with Crippen molar-refractivity contribution in [1.29, 1.82) is 5.26 Å². The fourth-order valence-electron chi connectivity index (χ4n) is 2.46. The van der Waals surface area contributed by atoms with E-state index in [1.165, 1.54) is 30.5 Å². The van der Waals surface area contributed by atoms with Crippen LogP contribution in [0.3, 0.4) is 0 Å². The Balaban J connectivity index is 2.33. The monoisotopic (exact) mass is 252 g/mol. The summed E-state index contributed by atoms with van der Waals surface area (Å²) >= 11 is 0. The molecule has 2 rings (SSSR count). The minimum atomic E-state index is 1.01. The molecule has 1 fully saturated rings. The highest BCUT2D eigenvalue weighted by atomic mass is 15.1. The molecule has 0 unspecified atom stereocenters. The Morgan fingerprint density at radius 1 is 1.16 bits per heavy atom. The van der Waals surface area contributed by atoms with Crippen molar-refractivity contribution in [1.82, 2.24) is 4.90 Å². The van der Waals surface area contributed by atoms with Crippen molar-refractivity contribution < 1.29 is 0 Å². The van der Waals surface area contributed by atoms with E-state index in [1.807, 2.05) is 13.0 Å².